The molecule has 1 fully saturated rings. The maximum atomic E-state index is 13.8. The summed E-state index contributed by atoms with van der Waals surface area (Å²) in [5.74, 6) is 0.236. The van der Waals surface area contributed by atoms with Crippen LogP contribution in [-0.4, -0.2) is 36.8 Å². The quantitative estimate of drug-likeness (QED) is 0.101. The van der Waals surface area contributed by atoms with Gasteiger partial charge in [0.25, 0.3) is 11.8 Å². The van der Waals surface area contributed by atoms with Crippen molar-refractivity contribution in [2.45, 2.75) is 38.6 Å². The molecule has 10 heteroatoms. The molecule has 3 amide bonds. The molecule has 1 aliphatic carbocycles. The predicted octanol–water partition coefficient (Wildman–Crippen LogP) is 5.64. The van der Waals surface area contributed by atoms with Crippen molar-refractivity contribution in [2.24, 2.45) is 28.3 Å². The Morgan fingerprint density at radius 2 is 1.54 bits per heavy atom. The van der Waals surface area contributed by atoms with Crippen molar-refractivity contribution in [3.63, 3.8) is 0 Å². The number of nitrogens with one attached hydrogen (secondary N) is 2. The molecule has 0 saturated heterocycles. The van der Waals surface area contributed by atoms with Crippen molar-refractivity contribution in [2.75, 3.05) is 23.3 Å². The molecule has 0 atom stereocenters. The molecule has 4 aromatic carbocycles. The van der Waals surface area contributed by atoms with E-state index in [0.29, 0.717) is 57.7 Å². The van der Waals surface area contributed by atoms with E-state index in [0.717, 1.165) is 48.9 Å². The molecule has 0 radical (unpaired) electrons. The lowest BCUT2D eigenvalue weighted by Crippen LogP contribution is -2.40. The number of hydrogen-bond donors (Lipinski definition) is 4. The van der Waals surface area contributed by atoms with Gasteiger partial charge < -0.3 is 22.1 Å². The van der Waals surface area contributed by atoms with Gasteiger partial charge in [0.05, 0.1) is 12.1 Å². The van der Waals surface area contributed by atoms with Crippen LogP contribution in [-0.2, 0) is 17.8 Å². The number of amides is 3. The van der Waals surface area contributed by atoms with Crippen LogP contribution in [0.3, 0.4) is 0 Å². The van der Waals surface area contributed by atoms with Gasteiger partial charge >= 0.3 is 0 Å². The zero-order chi connectivity index (χ0) is 32.2. The van der Waals surface area contributed by atoms with Gasteiger partial charge in [-0.2, -0.15) is 0 Å². The molecule has 46 heavy (non-hydrogen) atoms. The normalized spacial score (nSPS) is 17.5. The first kappa shape index (κ1) is 31.1. The highest BCUT2D eigenvalue weighted by atomic mass is 35.5. The third-order valence-corrected chi connectivity index (χ3v) is 9.18. The number of anilines is 2. The van der Waals surface area contributed by atoms with Crippen LogP contribution >= 0.6 is 11.6 Å². The van der Waals surface area contributed by atoms with Crippen molar-refractivity contribution in [3.8, 4) is 0 Å². The van der Waals surface area contributed by atoms with Gasteiger partial charge in [-0.3, -0.25) is 19.4 Å². The average molecular weight is 637 g/mol. The molecule has 4 aromatic rings. The van der Waals surface area contributed by atoms with E-state index in [1.54, 1.807) is 42.5 Å². The highest BCUT2D eigenvalue weighted by Crippen LogP contribution is 2.37. The Bertz CT molecular complexity index is 1790. The second kappa shape index (κ2) is 13.6. The number of carbonyl (C=O) groups excluding carboxylic acids is 3. The number of guanidine groups is 1. The first-order valence-corrected chi connectivity index (χ1v) is 16.0. The third kappa shape index (κ3) is 6.84. The Labute approximate surface area is 273 Å². The number of nitrogens with two attached hydrogens (primary N) is 2. The van der Waals surface area contributed by atoms with Gasteiger partial charge in [0.1, 0.15) is 0 Å². The average Bonchev–Trinajstić information content (AvgIpc) is 3.06. The van der Waals surface area contributed by atoms with Crippen LogP contribution in [0, 0.1) is 11.8 Å². The molecule has 6 N–H and O–H groups in total. The van der Waals surface area contributed by atoms with Gasteiger partial charge in [-0.05, 0) is 91.1 Å². The van der Waals surface area contributed by atoms with Crippen LogP contribution in [0.4, 0.5) is 11.4 Å². The Morgan fingerprint density at radius 3 is 2.28 bits per heavy atom. The number of carbonyl (C=O) groups is 3. The van der Waals surface area contributed by atoms with Crippen LogP contribution in [0.25, 0.3) is 10.8 Å². The Balaban J connectivity index is 1.14. The molecule has 1 aliphatic heterocycles. The summed E-state index contributed by atoms with van der Waals surface area (Å²) in [5, 5.41) is 8.66. The van der Waals surface area contributed by atoms with Crippen LogP contribution in [0.2, 0.25) is 5.02 Å². The minimum Gasteiger partial charge on any atom is -0.384 e. The molecule has 0 spiro atoms. The zero-order valence-corrected chi connectivity index (χ0v) is 26.2. The van der Waals surface area contributed by atoms with Gasteiger partial charge in [0, 0.05) is 52.2 Å². The summed E-state index contributed by atoms with van der Waals surface area (Å²) >= 11 is 5.95. The van der Waals surface area contributed by atoms with E-state index in [1.165, 1.54) is 4.90 Å². The van der Waals surface area contributed by atoms with Crippen LogP contribution in [0.5, 0.6) is 0 Å². The van der Waals surface area contributed by atoms with E-state index in [1.807, 2.05) is 36.4 Å². The molecular weight excluding hydrogens is 600 g/mol. The van der Waals surface area contributed by atoms with Gasteiger partial charge in [0.2, 0.25) is 5.91 Å². The minimum atomic E-state index is -0.385. The SMILES string of the molecule is NC(N)=NCC1CCC(CNc2ccc3c4c(cccc24)C(=O)N(c2cccc(CC(=O)NCc4ccc(Cl)cc4)c2)C3=O)CC1. The number of nitrogens with zero attached hydrogens (tertiary/aromatic N) is 2. The monoisotopic (exact) mass is 636 g/mol. The largest absolute Gasteiger partial charge is 0.384 e. The summed E-state index contributed by atoms with van der Waals surface area (Å²) < 4.78 is 0. The molecule has 1 heterocycles. The molecule has 2 aliphatic rings. The fourth-order valence-corrected chi connectivity index (χ4v) is 6.57. The molecule has 6 rings (SSSR count). The van der Waals surface area contributed by atoms with E-state index >= 15 is 0 Å². The standard InChI is InChI=1S/C36H37ClN6O3/c37-26-13-11-24(12-14-26)20-41-32(44)18-25-3-1-4-27(17-25)43-34(45)29-6-2-5-28-31(16-15-30(33(28)29)35(43)46)40-19-22-7-9-23(10-8-22)21-42-36(38)39/h1-6,11-17,22-23,40H,7-10,18-21H2,(H,41,44)(H4,38,39,42). The summed E-state index contributed by atoms with van der Waals surface area (Å²) in [6, 6.07) is 23.6. The van der Waals surface area contributed by atoms with E-state index in [9.17, 15) is 14.4 Å². The van der Waals surface area contributed by atoms with Crippen molar-refractivity contribution in [3.05, 3.63) is 106 Å². The summed E-state index contributed by atoms with van der Waals surface area (Å²) in [6.07, 6.45) is 4.46. The molecule has 1 saturated carbocycles. The lowest BCUT2D eigenvalue weighted by Gasteiger charge is -2.29. The second-order valence-electron chi connectivity index (χ2n) is 12.1. The van der Waals surface area contributed by atoms with E-state index in [2.05, 4.69) is 15.6 Å². The summed E-state index contributed by atoms with van der Waals surface area (Å²) in [6.45, 7) is 1.86. The number of halogens is 1. The van der Waals surface area contributed by atoms with Crippen molar-refractivity contribution in [1.82, 2.24) is 5.32 Å². The van der Waals surface area contributed by atoms with E-state index in [-0.39, 0.29) is 30.1 Å². The van der Waals surface area contributed by atoms with E-state index < -0.39 is 0 Å². The fourth-order valence-electron chi connectivity index (χ4n) is 6.45. The van der Waals surface area contributed by atoms with Gasteiger partial charge in [-0.25, -0.2) is 4.90 Å². The predicted molar refractivity (Wildman–Crippen MR) is 183 cm³/mol. The summed E-state index contributed by atoms with van der Waals surface area (Å²) in [4.78, 5) is 45.8. The second-order valence-corrected chi connectivity index (χ2v) is 12.6. The zero-order valence-electron chi connectivity index (χ0n) is 25.5. The molecule has 236 valence electrons. The molecule has 0 aromatic heterocycles. The number of rotatable bonds is 10. The van der Waals surface area contributed by atoms with Crippen molar-refractivity contribution >= 4 is 57.4 Å². The fraction of sp³-hybridized carbons (Fsp3) is 0.278. The van der Waals surface area contributed by atoms with Crippen molar-refractivity contribution in [1.29, 1.82) is 0 Å². The maximum Gasteiger partial charge on any atom is 0.265 e. The van der Waals surface area contributed by atoms with Crippen LogP contribution in [0.15, 0.2) is 83.9 Å². The Kier molecular flexibility index (Phi) is 9.21. The van der Waals surface area contributed by atoms with E-state index in [4.69, 9.17) is 23.1 Å². The lowest BCUT2D eigenvalue weighted by molar-refractivity contribution is -0.120. The van der Waals surface area contributed by atoms with Gasteiger partial charge in [-0.1, -0.05) is 48.0 Å². The first-order valence-electron chi connectivity index (χ1n) is 15.6. The summed E-state index contributed by atoms with van der Waals surface area (Å²) in [5.41, 5.74) is 14.9. The lowest BCUT2D eigenvalue weighted by atomic mass is 9.82. The highest BCUT2D eigenvalue weighted by molar-refractivity contribution is 6.36. The summed E-state index contributed by atoms with van der Waals surface area (Å²) in [7, 11) is 0. The molecule has 9 nitrogen and oxygen atoms in total. The van der Waals surface area contributed by atoms with Crippen LogP contribution in [0.1, 0.15) is 57.5 Å². The number of aliphatic imine (C=N–C) groups is 1. The number of benzene rings is 4. The third-order valence-electron chi connectivity index (χ3n) is 8.92. The smallest absolute Gasteiger partial charge is 0.265 e. The van der Waals surface area contributed by atoms with Crippen LogP contribution < -0.4 is 27.0 Å². The highest BCUT2D eigenvalue weighted by Gasteiger charge is 2.34. The molecule has 0 bridgehead atoms. The topological polar surface area (TPSA) is 143 Å². The van der Waals surface area contributed by atoms with Crippen molar-refractivity contribution < 1.29 is 14.4 Å². The van der Waals surface area contributed by atoms with Gasteiger partial charge in [0.15, 0.2) is 5.96 Å². The van der Waals surface area contributed by atoms with Gasteiger partial charge in [-0.15, -0.1) is 0 Å². The maximum absolute atomic E-state index is 13.8. The Hall–Kier alpha value is -4.89. The minimum absolute atomic E-state index is 0.108. The Morgan fingerprint density at radius 1 is 0.848 bits per heavy atom. The molecular formula is C36H37ClN6O3. The molecule has 0 unspecified atom stereocenters. The number of hydrogen-bond acceptors (Lipinski definition) is 5. The number of imide groups is 1. The first-order chi connectivity index (χ1) is 22.3.